The van der Waals surface area contributed by atoms with E-state index < -0.39 is 0 Å². The number of halogens is 1. The zero-order valence-corrected chi connectivity index (χ0v) is 21.2. The van der Waals surface area contributed by atoms with Crippen LogP contribution in [0, 0.1) is 5.82 Å². The maximum atomic E-state index is 12.9. The van der Waals surface area contributed by atoms with Crippen LogP contribution in [0.5, 0.6) is 0 Å². The Hall–Kier alpha value is -3.07. The van der Waals surface area contributed by atoms with Gasteiger partial charge in [0.25, 0.3) is 0 Å². The molecule has 8 heteroatoms. The highest BCUT2D eigenvalue weighted by Gasteiger charge is 2.05. The number of fused-ring (bicyclic) bond motifs is 1. The van der Waals surface area contributed by atoms with Gasteiger partial charge in [-0.15, -0.1) is 11.3 Å². The van der Waals surface area contributed by atoms with Gasteiger partial charge < -0.3 is 20.4 Å². The van der Waals surface area contributed by atoms with Gasteiger partial charge in [0.2, 0.25) is 5.91 Å². The number of carbonyl (C=O) groups excluding carboxylic acids is 1. The number of hydrogen-bond donors (Lipinski definition) is 3. The molecule has 3 N–H and O–H groups in total. The van der Waals surface area contributed by atoms with Crippen molar-refractivity contribution in [1.29, 1.82) is 0 Å². The molecule has 0 fully saturated rings. The summed E-state index contributed by atoms with van der Waals surface area (Å²) in [5, 5.41) is 11.0. The molecule has 0 aliphatic carbocycles. The third-order valence-corrected chi connectivity index (χ3v) is 6.87. The van der Waals surface area contributed by atoms with Crippen molar-refractivity contribution >= 4 is 28.1 Å². The fourth-order valence-electron chi connectivity index (χ4n) is 4.03. The molecule has 2 heterocycles. The van der Waals surface area contributed by atoms with E-state index in [0.29, 0.717) is 13.2 Å². The summed E-state index contributed by atoms with van der Waals surface area (Å²) >= 11 is 1.71. The molecule has 4 rings (SSSR count). The molecule has 2 aromatic heterocycles. The lowest BCUT2D eigenvalue weighted by Crippen LogP contribution is -2.28. The molecule has 0 saturated heterocycles. The summed E-state index contributed by atoms with van der Waals surface area (Å²) in [6, 6.07) is 14.5. The average molecular weight is 509 g/mol. The molecule has 0 bridgehead atoms. The number of rotatable bonds is 15. The first-order valence-corrected chi connectivity index (χ1v) is 13.3. The minimum atomic E-state index is -0.281. The Balaban J connectivity index is 1.01. The Labute approximate surface area is 215 Å². The number of aryl methyl sites for hydroxylation is 1. The Kier molecular flexibility index (Phi) is 10.0. The number of aromatic amines is 1. The van der Waals surface area contributed by atoms with Crippen molar-refractivity contribution in [3.8, 4) is 0 Å². The number of unbranched alkanes of at least 4 members (excludes halogenated alkanes) is 2. The third kappa shape index (κ3) is 8.26. The predicted octanol–water partition coefficient (Wildman–Crippen LogP) is 5.14. The lowest BCUT2D eigenvalue weighted by atomic mass is 10.1. The molecule has 0 saturated carbocycles. The smallest absolute Gasteiger partial charge is 0.246 e. The zero-order chi connectivity index (χ0) is 25.0. The molecule has 4 aromatic rings. The molecule has 0 spiro atoms. The minimum absolute atomic E-state index is 0.00872. The van der Waals surface area contributed by atoms with Gasteiger partial charge in [0.15, 0.2) is 0 Å². The third-order valence-electron chi connectivity index (χ3n) is 5.97. The molecule has 190 valence electrons. The minimum Gasteiger partial charge on any atom is -0.367 e. The lowest BCUT2D eigenvalue weighted by molar-refractivity contribution is -0.126. The van der Waals surface area contributed by atoms with Gasteiger partial charge in [-0.05, 0) is 61.6 Å². The Morgan fingerprint density at radius 2 is 1.89 bits per heavy atom. The van der Waals surface area contributed by atoms with Crippen molar-refractivity contribution in [3.63, 3.8) is 0 Å². The second-order valence-electron chi connectivity index (χ2n) is 8.80. The number of H-pyrrole nitrogens is 1. The molecule has 0 aliphatic heterocycles. The van der Waals surface area contributed by atoms with Crippen LogP contribution < -0.4 is 10.6 Å². The Morgan fingerprint density at radius 1 is 1.03 bits per heavy atom. The van der Waals surface area contributed by atoms with E-state index in [0.717, 1.165) is 61.5 Å². The van der Waals surface area contributed by atoms with Gasteiger partial charge in [-0.2, -0.15) is 0 Å². The number of ether oxygens (including phenoxy) is 1. The maximum absolute atomic E-state index is 12.9. The number of hydrogen-bond acceptors (Lipinski definition) is 5. The van der Waals surface area contributed by atoms with Gasteiger partial charge in [-0.3, -0.25) is 4.79 Å². The summed E-state index contributed by atoms with van der Waals surface area (Å²) in [5.41, 5.74) is 4.51. The van der Waals surface area contributed by atoms with Crippen molar-refractivity contribution in [2.75, 3.05) is 19.7 Å². The summed E-state index contributed by atoms with van der Waals surface area (Å²) in [6.07, 6.45) is 7.06. The van der Waals surface area contributed by atoms with Crippen LogP contribution in [0.4, 0.5) is 4.39 Å². The second-order valence-corrected chi connectivity index (χ2v) is 9.74. The van der Waals surface area contributed by atoms with Crippen LogP contribution in [0.1, 0.15) is 41.1 Å². The summed E-state index contributed by atoms with van der Waals surface area (Å²) in [5.74, 6) is -0.407. The highest BCUT2D eigenvalue weighted by atomic mass is 32.1. The molecule has 0 atom stereocenters. The number of nitrogens with one attached hydrogen (secondary N) is 3. The maximum Gasteiger partial charge on any atom is 0.246 e. The summed E-state index contributed by atoms with van der Waals surface area (Å²) in [7, 11) is 0. The van der Waals surface area contributed by atoms with E-state index in [-0.39, 0.29) is 18.3 Å². The number of aromatic nitrogens is 2. The van der Waals surface area contributed by atoms with Gasteiger partial charge in [-0.25, -0.2) is 9.37 Å². The highest BCUT2D eigenvalue weighted by molar-refractivity contribution is 7.09. The normalized spacial score (nSPS) is 11.2. The van der Waals surface area contributed by atoms with Crippen molar-refractivity contribution in [2.24, 2.45) is 0 Å². The number of para-hydroxylation sites is 1. The van der Waals surface area contributed by atoms with Gasteiger partial charge in [0.05, 0.1) is 12.3 Å². The first-order chi connectivity index (χ1) is 17.7. The van der Waals surface area contributed by atoms with E-state index in [4.69, 9.17) is 9.72 Å². The van der Waals surface area contributed by atoms with Crippen LogP contribution in [-0.4, -0.2) is 35.6 Å². The first-order valence-electron chi connectivity index (χ1n) is 12.5. The van der Waals surface area contributed by atoms with Gasteiger partial charge in [-0.1, -0.05) is 36.8 Å². The van der Waals surface area contributed by atoms with E-state index in [1.54, 1.807) is 23.5 Å². The quantitative estimate of drug-likeness (QED) is 0.194. The molecule has 6 nitrogen and oxygen atoms in total. The lowest BCUT2D eigenvalue weighted by Gasteiger charge is -2.06. The first kappa shape index (κ1) is 26.0. The van der Waals surface area contributed by atoms with E-state index >= 15 is 0 Å². The molecule has 1 amide bonds. The van der Waals surface area contributed by atoms with Crippen molar-refractivity contribution in [1.82, 2.24) is 20.6 Å². The van der Waals surface area contributed by atoms with Gasteiger partial charge in [0, 0.05) is 35.6 Å². The largest absolute Gasteiger partial charge is 0.367 e. The Morgan fingerprint density at radius 3 is 2.78 bits per heavy atom. The van der Waals surface area contributed by atoms with Crippen LogP contribution in [0.3, 0.4) is 0 Å². The van der Waals surface area contributed by atoms with Crippen molar-refractivity contribution < 1.29 is 13.9 Å². The van der Waals surface area contributed by atoms with Crippen molar-refractivity contribution in [2.45, 2.75) is 45.3 Å². The second kappa shape index (κ2) is 13.9. The predicted molar refractivity (Wildman–Crippen MR) is 142 cm³/mol. The van der Waals surface area contributed by atoms with Crippen LogP contribution in [0.25, 0.3) is 10.9 Å². The fourth-order valence-corrected chi connectivity index (χ4v) is 4.83. The molecular formula is C28H33FN4O2S. The van der Waals surface area contributed by atoms with Crippen molar-refractivity contribution in [3.05, 3.63) is 87.8 Å². The van der Waals surface area contributed by atoms with Crippen LogP contribution >= 0.6 is 11.3 Å². The van der Waals surface area contributed by atoms with Gasteiger partial charge in [0.1, 0.15) is 17.4 Å². The topological polar surface area (TPSA) is 79.0 Å². The summed E-state index contributed by atoms with van der Waals surface area (Å²) < 4.78 is 18.3. The molecule has 0 radical (unpaired) electrons. The van der Waals surface area contributed by atoms with E-state index in [9.17, 15) is 9.18 Å². The van der Waals surface area contributed by atoms with E-state index in [1.165, 1.54) is 28.6 Å². The van der Waals surface area contributed by atoms with Crippen LogP contribution in [0.15, 0.2) is 60.1 Å². The summed E-state index contributed by atoms with van der Waals surface area (Å²) in [6.45, 7) is 2.65. The van der Waals surface area contributed by atoms with E-state index in [1.807, 2.05) is 0 Å². The zero-order valence-electron chi connectivity index (χ0n) is 20.4. The SMILES string of the molecule is O=C(COCc1ccc(F)cc1)NCCCCCc1csc(CNCCc2c[nH]c3ccccc23)n1. The average Bonchev–Trinajstić information content (AvgIpc) is 3.52. The van der Waals surface area contributed by atoms with Crippen LogP contribution in [0.2, 0.25) is 0 Å². The number of carbonyl (C=O) groups is 1. The Bertz CT molecular complexity index is 1220. The molecule has 0 unspecified atom stereocenters. The highest BCUT2D eigenvalue weighted by Crippen LogP contribution is 2.18. The molecular weight excluding hydrogens is 475 g/mol. The monoisotopic (exact) mass is 508 g/mol. The summed E-state index contributed by atoms with van der Waals surface area (Å²) in [4.78, 5) is 19.9. The molecule has 2 aromatic carbocycles. The van der Waals surface area contributed by atoms with E-state index in [2.05, 4.69) is 51.5 Å². The number of amides is 1. The van der Waals surface area contributed by atoms with Crippen LogP contribution in [-0.2, 0) is 35.5 Å². The number of benzene rings is 2. The number of nitrogens with zero attached hydrogens (tertiary/aromatic N) is 1. The molecule has 36 heavy (non-hydrogen) atoms. The fraction of sp³-hybridized carbons (Fsp3) is 0.357. The standard InChI is InChI=1S/C28H33FN4O2S/c29-23-11-9-21(10-12-23)18-35-19-27(34)31-14-5-1-2-6-24-20-36-28(33-24)17-30-15-13-22-16-32-26-8-4-3-7-25(22)26/h3-4,7-12,16,20,30,32H,1-2,5-6,13-15,17-19H2,(H,31,34). The number of thiazole rings is 1. The van der Waals surface area contributed by atoms with Gasteiger partial charge >= 0.3 is 0 Å². The molecule has 0 aliphatic rings.